The second-order valence-electron chi connectivity index (χ2n) is 6.12. The van der Waals surface area contributed by atoms with E-state index in [2.05, 4.69) is 16.8 Å². The van der Waals surface area contributed by atoms with Crippen LogP contribution in [0, 0.1) is 0 Å². The summed E-state index contributed by atoms with van der Waals surface area (Å²) < 4.78 is 5.50. The highest BCUT2D eigenvalue weighted by Crippen LogP contribution is 2.20. The van der Waals surface area contributed by atoms with Gasteiger partial charge in [-0.05, 0) is 49.3 Å². The van der Waals surface area contributed by atoms with Crippen LogP contribution in [0.5, 0.6) is 0 Å². The normalized spacial score (nSPS) is 12.3. The molecule has 2 aromatic heterocycles. The van der Waals surface area contributed by atoms with Crippen molar-refractivity contribution in [3.05, 3.63) is 81.9 Å². The molecule has 0 aliphatic heterocycles. The van der Waals surface area contributed by atoms with Crippen molar-refractivity contribution in [1.82, 2.24) is 10.2 Å². The summed E-state index contributed by atoms with van der Waals surface area (Å²) in [6.45, 7) is 0.493. The van der Waals surface area contributed by atoms with Crippen molar-refractivity contribution in [3.63, 3.8) is 0 Å². The summed E-state index contributed by atoms with van der Waals surface area (Å²) >= 11 is 1.71. The quantitative estimate of drug-likeness (QED) is 0.698. The lowest BCUT2D eigenvalue weighted by atomic mass is 10.0. The zero-order valence-corrected chi connectivity index (χ0v) is 15.3. The van der Waals surface area contributed by atoms with Crippen LogP contribution in [-0.4, -0.2) is 31.4 Å². The zero-order chi connectivity index (χ0) is 17.6. The topological polar surface area (TPSA) is 45.5 Å². The van der Waals surface area contributed by atoms with E-state index in [1.165, 1.54) is 4.88 Å². The summed E-state index contributed by atoms with van der Waals surface area (Å²) in [7, 11) is 3.95. The number of rotatable bonds is 7. The number of nitrogens with one attached hydrogen (secondary N) is 1. The smallest absolute Gasteiger partial charge is 0.251 e. The predicted octanol–water partition coefficient (Wildman–Crippen LogP) is 3.96. The Hall–Kier alpha value is -2.37. The number of likely N-dealkylation sites (N-methyl/N-ethyl adjacent to an activating group) is 1. The molecule has 3 rings (SSSR count). The molecule has 0 spiro atoms. The maximum atomic E-state index is 12.7. The number of furan rings is 1. The number of hydrogen-bond acceptors (Lipinski definition) is 4. The van der Waals surface area contributed by atoms with E-state index in [0.29, 0.717) is 6.54 Å². The van der Waals surface area contributed by atoms with Crippen LogP contribution in [0.25, 0.3) is 0 Å². The number of amides is 1. The molecular formula is C20H22N2O2S. The van der Waals surface area contributed by atoms with Crippen LogP contribution in [0.4, 0.5) is 0 Å². The number of hydrogen-bond donors (Lipinski definition) is 1. The first-order chi connectivity index (χ1) is 12.1. The van der Waals surface area contributed by atoms with E-state index in [-0.39, 0.29) is 11.9 Å². The van der Waals surface area contributed by atoms with Crippen LogP contribution < -0.4 is 5.32 Å². The minimum atomic E-state index is -0.0504. The highest BCUT2D eigenvalue weighted by Gasteiger charge is 2.19. The Kier molecular flexibility index (Phi) is 5.68. The van der Waals surface area contributed by atoms with Gasteiger partial charge in [0.05, 0.1) is 12.3 Å². The van der Waals surface area contributed by atoms with Gasteiger partial charge in [0.2, 0.25) is 0 Å². The van der Waals surface area contributed by atoms with Crippen molar-refractivity contribution in [2.24, 2.45) is 0 Å². The molecule has 0 saturated heterocycles. The molecule has 25 heavy (non-hydrogen) atoms. The highest BCUT2D eigenvalue weighted by atomic mass is 32.1. The van der Waals surface area contributed by atoms with Crippen LogP contribution in [0.3, 0.4) is 0 Å². The molecule has 0 fully saturated rings. The third kappa shape index (κ3) is 4.38. The largest absolute Gasteiger partial charge is 0.468 e. The molecule has 0 radical (unpaired) electrons. The average molecular weight is 354 g/mol. The number of nitrogens with zero attached hydrogens (tertiary/aromatic N) is 1. The fourth-order valence-electron chi connectivity index (χ4n) is 2.80. The number of benzene rings is 1. The second-order valence-corrected chi connectivity index (χ2v) is 7.15. The minimum Gasteiger partial charge on any atom is -0.468 e. The molecule has 1 amide bonds. The van der Waals surface area contributed by atoms with Gasteiger partial charge in [-0.1, -0.05) is 24.3 Å². The van der Waals surface area contributed by atoms with E-state index in [4.69, 9.17) is 4.42 Å². The molecule has 4 nitrogen and oxygen atoms in total. The Morgan fingerprint density at radius 1 is 1.16 bits per heavy atom. The lowest BCUT2D eigenvalue weighted by molar-refractivity contribution is 0.0938. The molecule has 0 aliphatic carbocycles. The summed E-state index contributed by atoms with van der Waals surface area (Å²) in [5, 5.41) is 5.11. The SMILES string of the molecule is CN(C)C(CNC(=O)c1ccccc1Cc1cccs1)c1ccco1. The molecule has 3 aromatic rings. The van der Waals surface area contributed by atoms with E-state index in [0.717, 1.165) is 23.3 Å². The lowest BCUT2D eigenvalue weighted by Gasteiger charge is -2.22. The van der Waals surface area contributed by atoms with Crippen LogP contribution in [-0.2, 0) is 6.42 Å². The summed E-state index contributed by atoms with van der Waals surface area (Å²) in [6, 6.07) is 15.7. The van der Waals surface area contributed by atoms with E-state index in [1.54, 1.807) is 17.6 Å². The fourth-order valence-corrected chi connectivity index (χ4v) is 3.53. The molecular weight excluding hydrogens is 332 g/mol. The molecule has 1 N–H and O–H groups in total. The Balaban J connectivity index is 1.71. The van der Waals surface area contributed by atoms with Crippen molar-refractivity contribution in [2.75, 3.05) is 20.6 Å². The van der Waals surface area contributed by atoms with Gasteiger partial charge in [0.25, 0.3) is 5.91 Å². The Morgan fingerprint density at radius 2 is 2.00 bits per heavy atom. The van der Waals surface area contributed by atoms with Gasteiger partial charge >= 0.3 is 0 Å². The number of thiophene rings is 1. The maximum Gasteiger partial charge on any atom is 0.251 e. The first kappa shape index (κ1) is 17.5. The Bertz CT molecular complexity index is 795. The van der Waals surface area contributed by atoms with E-state index in [1.807, 2.05) is 61.5 Å². The summed E-state index contributed by atoms with van der Waals surface area (Å²) in [5.41, 5.74) is 1.77. The average Bonchev–Trinajstić information content (AvgIpc) is 3.29. The van der Waals surface area contributed by atoms with Crippen molar-refractivity contribution in [3.8, 4) is 0 Å². The lowest BCUT2D eigenvalue weighted by Crippen LogP contribution is -2.34. The van der Waals surface area contributed by atoms with Gasteiger partial charge in [-0.3, -0.25) is 9.69 Å². The summed E-state index contributed by atoms with van der Waals surface area (Å²) in [6.07, 6.45) is 2.43. The first-order valence-electron chi connectivity index (χ1n) is 8.23. The minimum absolute atomic E-state index is 0.00316. The number of carbonyl (C=O) groups excluding carboxylic acids is 1. The van der Waals surface area contributed by atoms with Crippen LogP contribution >= 0.6 is 11.3 Å². The Morgan fingerprint density at radius 3 is 2.68 bits per heavy atom. The van der Waals surface area contributed by atoms with Crippen LogP contribution in [0.1, 0.15) is 32.6 Å². The van der Waals surface area contributed by atoms with Gasteiger partial charge in [-0.25, -0.2) is 0 Å². The molecule has 2 heterocycles. The standard InChI is InChI=1S/C20H22N2O2S/c1-22(2)18(19-10-5-11-24-19)14-21-20(23)17-9-4-3-7-15(17)13-16-8-6-12-25-16/h3-12,18H,13-14H2,1-2H3,(H,21,23). The molecule has 0 saturated carbocycles. The van der Waals surface area contributed by atoms with Crippen LogP contribution in [0.15, 0.2) is 64.6 Å². The van der Waals surface area contributed by atoms with Crippen molar-refractivity contribution >= 4 is 17.2 Å². The monoisotopic (exact) mass is 354 g/mol. The van der Waals surface area contributed by atoms with Crippen molar-refractivity contribution in [2.45, 2.75) is 12.5 Å². The third-order valence-electron chi connectivity index (χ3n) is 4.16. The summed E-state index contributed by atoms with van der Waals surface area (Å²) in [5.74, 6) is 0.794. The third-order valence-corrected chi connectivity index (χ3v) is 5.03. The Labute approximate surface area is 152 Å². The number of carbonyl (C=O) groups is 1. The molecule has 0 bridgehead atoms. The first-order valence-corrected chi connectivity index (χ1v) is 9.11. The van der Waals surface area contributed by atoms with Gasteiger partial charge in [-0.2, -0.15) is 0 Å². The van der Waals surface area contributed by atoms with Gasteiger partial charge in [-0.15, -0.1) is 11.3 Å². The van der Waals surface area contributed by atoms with E-state index in [9.17, 15) is 4.79 Å². The van der Waals surface area contributed by atoms with Gasteiger partial charge in [0.15, 0.2) is 0 Å². The van der Waals surface area contributed by atoms with Crippen LogP contribution in [0.2, 0.25) is 0 Å². The fraction of sp³-hybridized carbons (Fsp3) is 0.250. The predicted molar refractivity (Wildman–Crippen MR) is 101 cm³/mol. The highest BCUT2D eigenvalue weighted by molar-refractivity contribution is 7.09. The molecule has 1 aromatic carbocycles. The van der Waals surface area contributed by atoms with Gasteiger partial charge in [0, 0.05) is 23.4 Å². The maximum absolute atomic E-state index is 12.7. The molecule has 130 valence electrons. The van der Waals surface area contributed by atoms with Gasteiger partial charge in [0.1, 0.15) is 5.76 Å². The van der Waals surface area contributed by atoms with Crippen molar-refractivity contribution < 1.29 is 9.21 Å². The molecule has 0 aliphatic rings. The zero-order valence-electron chi connectivity index (χ0n) is 14.4. The molecule has 5 heteroatoms. The van der Waals surface area contributed by atoms with Crippen molar-refractivity contribution in [1.29, 1.82) is 0 Å². The summed E-state index contributed by atoms with van der Waals surface area (Å²) in [4.78, 5) is 16.0. The second kappa shape index (κ2) is 8.14. The van der Waals surface area contributed by atoms with E-state index >= 15 is 0 Å². The molecule has 1 unspecified atom stereocenters. The molecule has 1 atom stereocenters. The van der Waals surface area contributed by atoms with E-state index < -0.39 is 0 Å². The van der Waals surface area contributed by atoms with Gasteiger partial charge < -0.3 is 9.73 Å².